The number of benzene rings is 2. The second-order valence-electron chi connectivity index (χ2n) is 6.27. The van der Waals surface area contributed by atoms with Gasteiger partial charge < -0.3 is 10.1 Å². The molecule has 1 N–H and O–H groups in total. The number of rotatable bonds is 8. The summed E-state index contributed by atoms with van der Waals surface area (Å²) < 4.78 is 44.5. The van der Waals surface area contributed by atoms with Crippen molar-refractivity contribution in [1.82, 2.24) is 4.31 Å². The molecular formula is C20H22ClFN2O5S. The number of hydrogen-bond acceptors (Lipinski definition) is 5. The van der Waals surface area contributed by atoms with Gasteiger partial charge in [0.2, 0.25) is 10.0 Å². The molecule has 7 nitrogen and oxygen atoms in total. The van der Waals surface area contributed by atoms with Crippen LogP contribution in [0.25, 0.3) is 0 Å². The van der Waals surface area contributed by atoms with Crippen molar-refractivity contribution in [3.05, 3.63) is 58.9 Å². The SMILES string of the molecule is CCN(CC)S(=O)(=O)c1ccc(C(=O)O[C@@H](C)C(=O)Nc2ccc(F)cc2Cl)cc1. The molecule has 10 heteroatoms. The lowest BCUT2D eigenvalue weighted by Crippen LogP contribution is -2.31. The molecule has 0 aromatic heterocycles. The summed E-state index contributed by atoms with van der Waals surface area (Å²) >= 11 is 5.86. The third kappa shape index (κ3) is 5.56. The van der Waals surface area contributed by atoms with Crippen molar-refractivity contribution in [3.63, 3.8) is 0 Å². The highest BCUT2D eigenvalue weighted by molar-refractivity contribution is 7.89. The minimum absolute atomic E-state index is 0.00637. The van der Waals surface area contributed by atoms with Crippen LogP contribution in [0.5, 0.6) is 0 Å². The summed E-state index contributed by atoms with van der Waals surface area (Å²) in [4.78, 5) is 24.6. The summed E-state index contributed by atoms with van der Waals surface area (Å²) in [5.41, 5.74) is 0.268. The quantitative estimate of drug-likeness (QED) is 0.611. The first-order valence-electron chi connectivity index (χ1n) is 9.17. The Balaban J connectivity index is 2.05. The highest BCUT2D eigenvalue weighted by Crippen LogP contribution is 2.23. The van der Waals surface area contributed by atoms with Crippen LogP contribution in [0.2, 0.25) is 5.02 Å². The van der Waals surface area contributed by atoms with E-state index in [2.05, 4.69) is 5.32 Å². The second-order valence-corrected chi connectivity index (χ2v) is 8.62. The molecule has 2 aromatic rings. The Labute approximate surface area is 179 Å². The summed E-state index contributed by atoms with van der Waals surface area (Å²) in [6.07, 6.45) is -1.17. The molecule has 1 atom stereocenters. The molecule has 2 aromatic carbocycles. The van der Waals surface area contributed by atoms with E-state index in [1.807, 2.05) is 0 Å². The van der Waals surface area contributed by atoms with Gasteiger partial charge in [0.05, 0.1) is 21.2 Å². The number of sulfonamides is 1. The Morgan fingerprint density at radius 2 is 1.73 bits per heavy atom. The first-order chi connectivity index (χ1) is 14.1. The number of hydrogen-bond donors (Lipinski definition) is 1. The molecule has 0 heterocycles. The number of ether oxygens (including phenoxy) is 1. The van der Waals surface area contributed by atoms with Crippen LogP contribution in [-0.2, 0) is 19.6 Å². The molecule has 0 fully saturated rings. The van der Waals surface area contributed by atoms with Crippen LogP contribution in [0.15, 0.2) is 47.4 Å². The smallest absolute Gasteiger partial charge is 0.338 e. The maximum Gasteiger partial charge on any atom is 0.338 e. The first kappa shape index (κ1) is 23.8. The molecule has 0 aliphatic carbocycles. The standard InChI is InChI=1S/C20H22ClFN2O5S/c1-4-24(5-2)30(27,28)16-9-6-14(7-10-16)20(26)29-13(3)19(25)23-18-11-8-15(22)12-17(18)21/h6-13H,4-5H2,1-3H3,(H,23,25)/t13-/m0/s1. The highest BCUT2D eigenvalue weighted by Gasteiger charge is 2.23. The van der Waals surface area contributed by atoms with E-state index in [-0.39, 0.29) is 21.2 Å². The zero-order valence-corrected chi connectivity index (χ0v) is 18.3. The van der Waals surface area contributed by atoms with Crippen LogP contribution in [0, 0.1) is 5.82 Å². The number of amides is 1. The lowest BCUT2D eigenvalue weighted by atomic mass is 10.2. The van der Waals surface area contributed by atoms with Crippen molar-refractivity contribution < 1.29 is 27.1 Å². The zero-order chi connectivity index (χ0) is 22.5. The summed E-state index contributed by atoms with van der Waals surface area (Å²) in [7, 11) is -3.64. The van der Waals surface area contributed by atoms with Gasteiger partial charge in [0.15, 0.2) is 6.10 Å². The third-order valence-corrected chi connectivity index (χ3v) is 6.65. The molecule has 0 aliphatic heterocycles. The van der Waals surface area contributed by atoms with Crippen LogP contribution < -0.4 is 5.32 Å². The van der Waals surface area contributed by atoms with E-state index in [0.29, 0.717) is 13.1 Å². The normalized spacial score (nSPS) is 12.5. The van der Waals surface area contributed by atoms with Gasteiger partial charge in [-0.15, -0.1) is 0 Å². The van der Waals surface area contributed by atoms with E-state index in [0.717, 1.165) is 12.1 Å². The number of esters is 1. The van der Waals surface area contributed by atoms with Crippen LogP contribution in [0.1, 0.15) is 31.1 Å². The third-order valence-electron chi connectivity index (χ3n) is 4.28. The van der Waals surface area contributed by atoms with Gasteiger partial charge >= 0.3 is 5.97 Å². The Morgan fingerprint density at radius 3 is 2.27 bits per heavy atom. The van der Waals surface area contributed by atoms with Crippen LogP contribution in [-0.4, -0.2) is 43.8 Å². The molecule has 0 radical (unpaired) electrons. The van der Waals surface area contributed by atoms with E-state index in [1.54, 1.807) is 13.8 Å². The number of halogens is 2. The fraction of sp³-hybridized carbons (Fsp3) is 0.300. The topological polar surface area (TPSA) is 92.8 Å². The van der Waals surface area contributed by atoms with Gasteiger partial charge in [-0.05, 0) is 49.4 Å². The van der Waals surface area contributed by atoms with Crippen LogP contribution in [0.4, 0.5) is 10.1 Å². The average Bonchev–Trinajstić information content (AvgIpc) is 2.70. The van der Waals surface area contributed by atoms with Crippen molar-refractivity contribution in [1.29, 1.82) is 0 Å². The highest BCUT2D eigenvalue weighted by atomic mass is 35.5. The predicted octanol–water partition coefficient (Wildman–Crippen LogP) is 3.69. The number of nitrogens with zero attached hydrogens (tertiary/aromatic N) is 1. The number of carbonyl (C=O) groups excluding carboxylic acids is 2. The first-order valence-corrected chi connectivity index (χ1v) is 11.0. The molecule has 30 heavy (non-hydrogen) atoms. The summed E-state index contributed by atoms with van der Waals surface area (Å²) in [6, 6.07) is 8.73. The van der Waals surface area contributed by atoms with E-state index in [4.69, 9.17) is 16.3 Å². The van der Waals surface area contributed by atoms with Crippen molar-refractivity contribution in [2.75, 3.05) is 18.4 Å². The Kier molecular flexibility index (Phi) is 7.94. The largest absolute Gasteiger partial charge is 0.449 e. The van der Waals surface area contributed by atoms with Crippen molar-refractivity contribution >= 4 is 39.2 Å². The molecule has 0 saturated carbocycles. The fourth-order valence-corrected chi connectivity index (χ4v) is 4.26. The van der Waals surface area contributed by atoms with Crippen LogP contribution in [0.3, 0.4) is 0 Å². The Morgan fingerprint density at radius 1 is 1.13 bits per heavy atom. The summed E-state index contributed by atoms with van der Waals surface area (Å²) in [5, 5.41) is 2.46. The molecule has 162 valence electrons. The molecule has 0 saturated heterocycles. The van der Waals surface area contributed by atoms with Crippen molar-refractivity contribution in [3.8, 4) is 0 Å². The Hall–Kier alpha value is -2.49. The van der Waals surface area contributed by atoms with E-state index in [9.17, 15) is 22.4 Å². The van der Waals surface area contributed by atoms with Gasteiger partial charge in [-0.3, -0.25) is 4.79 Å². The number of anilines is 1. The molecule has 0 unspecified atom stereocenters. The maximum absolute atomic E-state index is 13.1. The van der Waals surface area contributed by atoms with E-state index in [1.165, 1.54) is 41.6 Å². The molecule has 0 bridgehead atoms. The van der Waals surface area contributed by atoms with Gasteiger partial charge in [0, 0.05) is 13.1 Å². The van der Waals surface area contributed by atoms with Crippen molar-refractivity contribution in [2.24, 2.45) is 0 Å². The lowest BCUT2D eigenvalue weighted by Gasteiger charge is -2.18. The Bertz CT molecular complexity index is 1020. The number of carbonyl (C=O) groups is 2. The van der Waals surface area contributed by atoms with E-state index < -0.39 is 33.8 Å². The van der Waals surface area contributed by atoms with Gasteiger partial charge in [-0.25, -0.2) is 17.6 Å². The monoisotopic (exact) mass is 456 g/mol. The fourth-order valence-electron chi connectivity index (χ4n) is 2.58. The predicted molar refractivity (Wildman–Crippen MR) is 111 cm³/mol. The average molecular weight is 457 g/mol. The van der Waals surface area contributed by atoms with Gasteiger partial charge in [0.1, 0.15) is 5.82 Å². The van der Waals surface area contributed by atoms with E-state index >= 15 is 0 Å². The molecule has 1 amide bonds. The zero-order valence-electron chi connectivity index (χ0n) is 16.7. The maximum atomic E-state index is 13.1. The summed E-state index contributed by atoms with van der Waals surface area (Å²) in [5.74, 6) is -2.00. The minimum atomic E-state index is -3.64. The minimum Gasteiger partial charge on any atom is -0.449 e. The molecule has 2 rings (SSSR count). The van der Waals surface area contributed by atoms with Gasteiger partial charge in [-0.1, -0.05) is 25.4 Å². The molecular weight excluding hydrogens is 435 g/mol. The second kappa shape index (κ2) is 10.0. The summed E-state index contributed by atoms with van der Waals surface area (Å²) in [6.45, 7) is 5.49. The molecule has 0 spiro atoms. The van der Waals surface area contributed by atoms with Gasteiger partial charge in [-0.2, -0.15) is 4.31 Å². The lowest BCUT2D eigenvalue weighted by molar-refractivity contribution is -0.123. The van der Waals surface area contributed by atoms with Crippen LogP contribution >= 0.6 is 11.6 Å². The molecule has 0 aliphatic rings. The van der Waals surface area contributed by atoms with Crippen molar-refractivity contribution in [2.45, 2.75) is 31.8 Å². The van der Waals surface area contributed by atoms with Gasteiger partial charge in [0.25, 0.3) is 5.91 Å². The number of nitrogens with one attached hydrogen (secondary N) is 1.